The maximum atomic E-state index is 12.1. The van der Waals surface area contributed by atoms with Crippen LogP contribution in [-0.2, 0) is 18.1 Å². The number of amides is 1. The fraction of sp³-hybridized carbons (Fsp3) is 0.947. The number of unbranched alkanes of at least 4 members (excludes halogenated alkanes) is 5. The van der Waals surface area contributed by atoms with E-state index in [2.05, 4.69) is 12.2 Å². The van der Waals surface area contributed by atoms with Crippen LogP contribution in [0.25, 0.3) is 0 Å². The first-order chi connectivity index (χ1) is 12.5. The highest BCUT2D eigenvalue weighted by Gasteiger charge is 2.39. The van der Waals surface area contributed by atoms with Gasteiger partial charge >= 0.3 is 8.80 Å². The molecule has 0 aromatic heterocycles. The molecule has 0 aromatic carbocycles. The van der Waals surface area contributed by atoms with E-state index in [1.807, 2.05) is 20.8 Å². The smallest absolute Gasteiger partial charge is 0.374 e. The summed E-state index contributed by atoms with van der Waals surface area (Å²) >= 11 is 0. The maximum Gasteiger partial charge on any atom is 0.500 e. The van der Waals surface area contributed by atoms with Crippen molar-refractivity contribution in [2.45, 2.75) is 91.1 Å². The highest BCUT2D eigenvalue weighted by molar-refractivity contribution is 6.60. The third-order valence-electron chi connectivity index (χ3n) is 4.26. The zero-order valence-electron chi connectivity index (χ0n) is 17.5. The second kappa shape index (κ2) is 16.7. The molecule has 1 unspecified atom stereocenters. The average molecular weight is 391 g/mol. The molecule has 6 nitrogen and oxygen atoms in total. The van der Waals surface area contributed by atoms with Gasteiger partial charge in [0.15, 0.2) is 0 Å². The lowest BCUT2D eigenvalue weighted by molar-refractivity contribution is -0.122. The summed E-state index contributed by atoms with van der Waals surface area (Å²) < 4.78 is 17.4. The molecule has 0 saturated heterocycles. The van der Waals surface area contributed by atoms with Crippen molar-refractivity contribution in [1.29, 1.82) is 0 Å². The van der Waals surface area contributed by atoms with E-state index >= 15 is 0 Å². The molecule has 0 spiro atoms. The first kappa shape index (κ1) is 25.5. The van der Waals surface area contributed by atoms with Gasteiger partial charge in [0.1, 0.15) is 0 Å². The van der Waals surface area contributed by atoms with Crippen LogP contribution in [0, 0.1) is 0 Å². The summed E-state index contributed by atoms with van der Waals surface area (Å²) in [4.78, 5) is 12.1. The molecule has 3 N–H and O–H groups in total. The van der Waals surface area contributed by atoms with Crippen LogP contribution in [0.5, 0.6) is 0 Å². The van der Waals surface area contributed by atoms with Gasteiger partial charge in [0.25, 0.3) is 0 Å². The largest absolute Gasteiger partial charge is 0.500 e. The summed E-state index contributed by atoms with van der Waals surface area (Å²) in [7, 11) is -2.61. The van der Waals surface area contributed by atoms with Crippen LogP contribution in [0.15, 0.2) is 0 Å². The average Bonchev–Trinajstić information content (AvgIpc) is 2.62. The molecule has 0 rings (SSSR count). The highest BCUT2D eigenvalue weighted by atomic mass is 28.4. The normalized spacial score (nSPS) is 13.0. The lowest BCUT2D eigenvalue weighted by Gasteiger charge is -2.28. The van der Waals surface area contributed by atoms with Crippen molar-refractivity contribution in [1.82, 2.24) is 5.32 Å². The summed E-state index contributed by atoms with van der Waals surface area (Å²) in [5.41, 5.74) is 5.99. The van der Waals surface area contributed by atoms with Crippen LogP contribution < -0.4 is 11.1 Å². The lowest BCUT2D eigenvalue weighted by atomic mass is 10.1. The van der Waals surface area contributed by atoms with Crippen LogP contribution in [0.2, 0.25) is 6.04 Å². The summed E-state index contributed by atoms with van der Waals surface area (Å²) in [5, 5.41) is 2.93. The Labute approximate surface area is 161 Å². The first-order valence-electron chi connectivity index (χ1n) is 10.5. The zero-order valence-corrected chi connectivity index (χ0v) is 18.5. The van der Waals surface area contributed by atoms with Crippen molar-refractivity contribution >= 4 is 14.7 Å². The van der Waals surface area contributed by atoms with E-state index < -0.39 is 14.8 Å². The molecule has 0 radical (unpaired) electrons. The fourth-order valence-corrected chi connectivity index (χ4v) is 5.54. The predicted octanol–water partition coefficient (Wildman–Crippen LogP) is 3.62. The van der Waals surface area contributed by atoms with Gasteiger partial charge in [-0.2, -0.15) is 0 Å². The minimum absolute atomic E-state index is 0.0601. The minimum atomic E-state index is -2.61. The van der Waals surface area contributed by atoms with Gasteiger partial charge in [-0.25, -0.2) is 0 Å². The van der Waals surface area contributed by atoms with E-state index in [1.165, 1.54) is 25.7 Å². The standard InChI is InChI=1S/C19H42N2O4Si/c1-5-9-10-11-12-13-15-18(20)19(22)21-16-14-17-26(23-6-2,24-7-3)25-8-4/h18H,5-17,20H2,1-4H3,(H,21,22). The molecule has 0 bridgehead atoms. The van der Waals surface area contributed by atoms with Gasteiger partial charge in [0, 0.05) is 32.4 Å². The molecule has 7 heteroatoms. The zero-order chi connectivity index (χ0) is 19.7. The highest BCUT2D eigenvalue weighted by Crippen LogP contribution is 2.17. The molecule has 1 atom stereocenters. The van der Waals surface area contributed by atoms with E-state index in [1.54, 1.807) is 0 Å². The summed E-state index contributed by atoms with van der Waals surface area (Å²) in [6.45, 7) is 10.3. The van der Waals surface area contributed by atoms with Crippen LogP contribution in [0.4, 0.5) is 0 Å². The summed E-state index contributed by atoms with van der Waals surface area (Å²) in [6.07, 6.45) is 8.77. The predicted molar refractivity (Wildman–Crippen MR) is 109 cm³/mol. The minimum Gasteiger partial charge on any atom is -0.374 e. The molecule has 1 amide bonds. The first-order valence-corrected chi connectivity index (χ1v) is 12.4. The summed E-state index contributed by atoms with van der Waals surface area (Å²) in [6, 6.07) is 0.295. The molecule has 26 heavy (non-hydrogen) atoms. The van der Waals surface area contributed by atoms with Crippen molar-refractivity contribution in [2.75, 3.05) is 26.4 Å². The van der Waals surface area contributed by atoms with Crippen LogP contribution in [-0.4, -0.2) is 47.1 Å². The molecule has 0 aromatic rings. The van der Waals surface area contributed by atoms with E-state index in [0.717, 1.165) is 25.7 Å². The van der Waals surface area contributed by atoms with Crippen LogP contribution in [0.3, 0.4) is 0 Å². The molecular formula is C19H42N2O4Si. The van der Waals surface area contributed by atoms with Gasteiger partial charge in [-0.15, -0.1) is 0 Å². The van der Waals surface area contributed by atoms with Crippen molar-refractivity contribution in [3.63, 3.8) is 0 Å². The maximum absolute atomic E-state index is 12.1. The van der Waals surface area contributed by atoms with E-state index in [4.69, 9.17) is 19.0 Å². The topological polar surface area (TPSA) is 82.8 Å². The summed E-state index contributed by atoms with van der Waals surface area (Å²) in [5.74, 6) is -0.0601. The van der Waals surface area contributed by atoms with E-state index in [9.17, 15) is 4.79 Å². The molecular weight excluding hydrogens is 348 g/mol. The SMILES string of the molecule is CCCCCCCCC(N)C(=O)NCCC[Si](OCC)(OCC)OCC. The second-order valence-electron chi connectivity index (χ2n) is 6.54. The number of nitrogens with two attached hydrogens (primary N) is 1. The van der Waals surface area contributed by atoms with Gasteiger partial charge in [0.05, 0.1) is 6.04 Å². The van der Waals surface area contributed by atoms with Gasteiger partial charge in [-0.3, -0.25) is 4.79 Å². The Bertz CT molecular complexity index is 328. The number of carbonyl (C=O) groups excluding carboxylic acids is 1. The molecule has 0 aliphatic carbocycles. The monoisotopic (exact) mass is 390 g/mol. The van der Waals surface area contributed by atoms with Gasteiger partial charge in [0.2, 0.25) is 5.91 Å². The lowest BCUT2D eigenvalue weighted by Crippen LogP contribution is -2.47. The second-order valence-corrected chi connectivity index (χ2v) is 9.27. The van der Waals surface area contributed by atoms with Crippen molar-refractivity contribution < 1.29 is 18.1 Å². The molecule has 0 aliphatic heterocycles. The van der Waals surface area contributed by atoms with E-state index in [-0.39, 0.29) is 5.91 Å². The fourth-order valence-electron chi connectivity index (χ4n) is 2.92. The quantitative estimate of drug-likeness (QED) is 0.276. The Morgan fingerprint density at radius 3 is 1.96 bits per heavy atom. The molecule has 0 fully saturated rings. The Morgan fingerprint density at radius 2 is 1.42 bits per heavy atom. The van der Waals surface area contributed by atoms with Gasteiger partial charge in [-0.05, 0) is 33.6 Å². The number of carbonyl (C=O) groups is 1. The Balaban J connectivity index is 4.02. The Morgan fingerprint density at radius 1 is 0.885 bits per heavy atom. The number of nitrogens with one attached hydrogen (secondary N) is 1. The van der Waals surface area contributed by atoms with E-state index in [0.29, 0.717) is 32.4 Å². The molecule has 0 heterocycles. The Hall–Kier alpha value is -0.473. The molecule has 0 aliphatic rings. The molecule has 156 valence electrons. The third kappa shape index (κ3) is 12.0. The number of hydrogen-bond donors (Lipinski definition) is 2. The number of rotatable bonds is 18. The van der Waals surface area contributed by atoms with Crippen LogP contribution in [0.1, 0.15) is 79.1 Å². The number of hydrogen-bond acceptors (Lipinski definition) is 5. The van der Waals surface area contributed by atoms with Crippen molar-refractivity contribution in [2.24, 2.45) is 5.73 Å². The Kier molecular flexibility index (Phi) is 16.4. The van der Waals surface area contributed by atoms with Crippen molar-refractivity contribution in [3.8, 4) is 0 Å². The third-order valence-corrected chi connectivity index (χ3v) is 7.41. The van der Waals surface area contributed by atoms with Crippen molar-refractivity contribution in [3.05, 3.63) is 0 Å². The van der Waals surface area contributed by atoms with Gasteiger partial charge in [-0.1, -0.05) is 45.4 Å². The molecule has 0 saturated carbocycles. The van der Waals surface area contributed by atoms with Gasteiger partial charge < -0.3 is 24.3 Å². The van der Waals surface area contributed by atoms with Crippen LogP contribution >= 0.6 is 0 Å².